The van der Waals surface area contributed by atoms with Crippen molar-refractivity contribution >= 4 is 29.1 Å². The molecule has 0 bridgehead atoms. The first-order valence-corrected chi connectivity index (χ1v) is 9.86. The number of halogens is 1. The van der Waals surface area contributed by atoms with Gasteiger partial charge in [0.05, 0.1) is 23.5 Å². The van der Waals surface area contributed by atoms with Crippen LogP contribution in [0.25, 0.3) is 5.69 Å². The second kappa shape index (κ2) is 9.89. The van der Waals surface area contributed by atoms with Crippen molar-refractivity contribution in [3.05, 3.63) is 77.8 Å². The molecule has 1 heterocycles. The van der Waals surface area contributed by atoms with Crippen LogP contribution in [0.4, 0.5) is 5.69 Å². The van der Waals surface area contributed by atoms with E-state index in [1.54, 1.807) is 35.4 Å². The summed E-state index contributed by atoms with van der Waals surface area (Å²) in [6, 6.07) is 14.1. The molecule has 0 radical (unpaired) electrons. The van der Waals surface area contributed by atoms with Gasteiger partial charge in [-0.2, -0.15) is 0 Å². The van der Waals surface area contributed by atoms with E-state index in [1.165, 1.54) is 0 Å². The van der Waals surface area contributed by atoms with Gasteiger partial charge in [0.15, 0.2) is 0 Å². The monoisotopic (exact) mass is 410 g/mol. The van der Waals surface area contributed by atoms with Crippen LogP contribution in [0.15, 0.2) is 67.3 Å². The first-order valence-electron chi connectivity index (χ1n) is 9.49. The summed E-state index contributed by atoms with van der Waals surface area (Å²) in [4.78, 5) is 29.1. The summed E-state index contributed by atoms with van der Waals surface area (Å²) in [7, 11) is 0. The Morgan fingerprint density at radius 1 is 1.17 bits per heavy atom. The number of imidazole rings is 1. The molecule has 0 aliphatic carbocycles. The lowest BCUT2D eigenvalue weighted by molar-refractivity contribution is -0.126. The summed E-state index contributed by atoms with van der Waals surface area (Å²) < 4.78 is 1.79. The number of anilines is 1. The highest BCUT2D eigenvalue weighted by Crippen LogP contribution is 2.24. The molecule has 0 aliphatic rings. The molecule has 7 heteroatoms. The fourth-order valence-corrected chi connectivity index (χ4v) is 3.29. The minimum atomic E-state index is -0.608. The van der Waals surface area contributed by atoms with Crippen LogP contribution in [-0.4, -0.2) is 27.4 Å². The van der Waals surface area contributed by atoms with E-state index in [2.05, 4.69) is 15.6 Å². The lowest BCUT2D eigenvalue weighted by Gasteiger charge is -2.18. The Morgan fingerprint density at radius 3 is 2.62 bits per heavy atom. The number of nitrogens with one attached hydrogen (secondary N) is 2. The molecule has 2 amide bonds. The van der Waals surface area contributed by atoms with E-state index in [1.807, 2.05) is 43.3 Å². The molecule has 0 saturated heterocycles. The number of aromatic nitrogens is 2. The number of benzene rings is 2. The Labute approximate surface area is 174 Å². The third-order valence-corrected chi connectivity index (χ3v) is 4.74. The number of carbonyl (C=O) groups excluding carboxylic acids is 2. The van der Waals surface area contributed by atoms with E-state index in [0.717, 1.165) is 17.7 Å². The zero-order chi connectivity index (χ0) is 20.6. The second-order valence-electron chi connectivity index (χ2n) is 6.70. The molecule has 1 atom stereocenters. The van der Waals surface area contributed by atoms with Crippen molar-refractivity contribution in [1.82, 2.24) is 14.9 Å². The van der Waals surface area contributed by atoms with Crippen LogP contribution in [0.3, 0.4) is 0 Å². The van der Waals surface area contributed by atoms with Gasteiger partial charge in [-0.15, -0.1) is 0 Å². The molecule has 29 heavy (non-hydrogen) atoms. The van der Waals surface area contributed by atoms with Crippen molar-refractivity contribution in [1.29, 1.82) is 0 Å². The maximum absolute atomic E-state index is 12.7. The van der Waals surface area contributed by atoms with Crippen LogP contribution >= 0.6 is 11.6 Å². The molecule has 0 saturated carbocycles. The van der Waals surface area contributed by atoms with E-state index in [9.17, 15) is 9.59 Å². The molecular formula is C22H23ClN4O2. The van der Waals surface area contributed by atoms with Crippen molar-refractivity contribution in [2.24, 2.45) is 0 Å². The summed E-state index contributed by atoms with van der Waals surface area (Å²) in [5.74, 6) is -0.446. The largest absolute Gasteiger partial charge is 0.344 e. The van der Waals surface area contributed by atoms with Gasteiger partial charge >= 0.3 is 0 Å². The summed E-state index contributed by atoms with van der Waals surface area (Å²) in [5, 5.41) is 6.17. The van der Waals surface area contributed by atoms with Crippen LogP contribution in [0.1, 0.15) is 25.3 Å². The molecule has 6 nitrogen and oxygen atoms in total. The fourth-order valence-electron chi connectivity index (χ4n) is 3.01. The molecule has 0 fully saturated rings. The average molecular weight is 411 g/mol. The van der Waals surface area contributed by atoms with Crippen molar-refractivity contribution in [3.63, 3.8) is 0 Å². The van der Waals surface area contributed by atoms with Gasteiger partial charge in [-0.3, -0.25) is 9.59 Å². The molecule has 3 aromatic rings. The highest BCUT2D eigenvalue weighted by Gasteiger charge is 2.20. The maximum atomic E-state index is 12.7. The molecule has 0 spiro atoms. The molecule has 1 aromatic heterocycles. The highest BCUT2D eigenvalue weighted by molar-refractivity contribution is 6.32. The van der Waals surface area contributed by atoms with Crippen molar-refractivity contribution in [2.75, 3.05) is 5.32 Å². The summed E-state index contributed by atoms with van der Waals surface area (Å²) in [5.41, 5.74) is 2.24. The van der Waals surface area contributed by atoms with Crippen molar-refractivity contribution < 1.29 is 9.59 Å². The first-order chi connectivity index (χ1) is 14.1. The average Bonchev–Trinajstić information content (AvgIpc) is 3.23. The lowest BCUT2D eigenvalue weighted by Crippen LogP contribution is -2.44. The van der Waals surface area contributed by atoms with Crippen LogP contribution in [0.5, 0.6) is 0 Å². The number of hydrogen-bond donors (Lipinski definition) is 2. The Balaban J connectivity index is 1.64. The molecule has 2 N–H and O–H groups in total. The predicted octanol–water partition coefficient (Wildman–Crippen LogP) is 3.99. The van der Waals surface area contributed by atoms with Crippen LogP contribution in [0.2, 0.25) is 5.02 Å². The van der Waals surface area contributed by atoms with Crippen molar-refractivity contribution in [3.8, 4) is 5.69 Å². The van der Waals surface area contributed by atoms with E-state index in [4.69, 9.17) is 11.6 Å². The standard InChI is InChI=1S/C22H23ClN4O2/c1-2-6-19(26-21(28)13-16-7-4-3-5-8-16)22(29)25-17-9-10-20(18(23)14-17)27-12-11-24-15-27/h3-5,7-12,14-15,19H,2,6,13H2,1H3,(H,25,29)(H,26,28). The van der Waals surface area contributed by atoms with Gasteiger partial charge in [-0.05, 0) is 30.2 Å². The van der Waals surface area contributed by atoms with Gasteiger partial charge < -0.3 is 15.2 Å². The maximum Gasteiger partial charge on any atom is 0.246 e. The highest BCUT2D eigenvalue weighted by atomic mass is 35.5. The Kier molecular flexibility index (Phi) is 7.03. The number of carbonyl (C=O) groups is 2. The van der Waals surface area contributed by atoms with Gasteiger partial charge in [0.2, 0.25) is 11.8 Å². The molecular weight excluding hydrogens is 388 g/mol. The number of rotatable bonds is 8. The molecule has 150 valence electrons. The minimum absolute atomic E-state index is 0.182. The van der Waals surface area contributed by atoms with Gasteiger partial charge in [0.25, 0.3) is 0 Å². The zero-order valence-electron chi connectivity index (χ0n) is 16.1. The summed E-state index contributed by atoms with van der Waals surface area (Å²) in [6.45, 7) is 1.97. The van der Waals surface area contributed by atoms with E-state index in [-0.39, 0.29) is 18.2 Å². The topological polar surface area (TPSA) is 76.0 Å². The fraction of sp³-hybridized carbons (Fsp3) is 0.227. The number of hydrogen-bond acceptors (Lipinski definition) is 3. The number of amides is 2. The molecule has 1 unspecified atom stereocenters. The molecule has 2 aromatic carbocycles. The normalized spacial score (nSPS) is 11.7. The Hall–Kier alpha value is -3.12. The van der Waals surface area contributed by atoms with Gasteiger partial charge in [0, 0.05) is 18.1 Å². The van der Waals surface area contributed by atoms with Crippen molar-refractivity contribution in [2.45, 2.75) is 32.2 Å². The first kappa shape index (κ1) is 20.6. The lowest BCUT2D eigenvalue weighted by atomic mass is 10.1. The van der Waals surface area contributed by atoms with Crippen LogP contribution in [0, 0.1) is 0 Å². The third kappa shape index (κ3) is 5.68. The summed E-state index contributed by atoms with van der Waals surface area (Å²) >= 11 is 6.35. The van der Waals surface area contributed by atoms with E-state index >= 15 is 0 Å². The minimum Gasteiger partial charge on any atom is -0.344 e. The van der Waals surface area contributed by atoms with E-state index < -0.39 is 6.04 Å². The second-order valence-corrected chi connectivity index (χ2v) is 7.10. The van der Waals surface area contributed by atoms with E-state index in [0.29, 0.717) is 17.1 Å². The molecule has 0 aliphatic heterocycles. The molecule has 3 rings (SSSR count). The Morgan fingerprint density at radius 2 is 1.97 bits per heavy atom. The zero-order valence-corrected chi connectivity index (χ0v) is 16.9. The van der Waals surface area contributed by atoms with Gasteiger partial charge in [-0.25, -0.2) is 4.98 Å². The number of nitrogens with zero attached hydrogens (tertiary/aromatic N) is 2. The van der Waals surface area contributed by atoms with Gasteiger partial charge in [0.1, 0.15) is 6.04 Å². The summed E-state index contributed by atoms with van der Waals surface area (Å²) in [6.07, 6.45) is 6.66. The van der Waals surface area contributed by atoms with Crippen LogP contribution < -0.4 is 10.6 Å². The quantitative estimate of drug-likeness (QED) is 0.589. The van der Waals surface area contributed by atoms with Crippen LogP contribution in [-0.2, 0) is 16.0 Å². The Bertz CT molecular complexity index is 958. The smallest absolute Gasteiger partial charge is 0.246 e. The van der Waals surface area contributed by atoms with Gasteiger partial charge in [-0.1, -0.05) is 55.3 Å². The third-order valence-electron chi connectivity index (χ3n) is 4.43. The predicted molar refractivity (Wildman–Crippen MR) is 114 cm³/mol. The SMILES string of the molecule is CCCC(NC(=O)Cc1ccccc1)C(=O)Nc1ccc(-n2ccnc2)c(Cl)c1.